The summed E-state index contributed by atoms with van der Waals surface area (Å²) < 4.78 is 0. The average Bonchev–Trinajstić information content (AvgIpc) is 2.68. The van der Waals surface area contributed by atoms with Crippen LogP contribution in [0.5, 0.6) is 0 Å². The van der Waals surface area contributed by atoms with Crippen LogP contribution in [-0.4, -0.2) is 15.1 Å². The molecule has 1 aromatic heterocycles. The van der Waals surface area contributed by atoms with Crippen molar-refractivity contribution in [3.63, 3.8) is 0 Å². The van der Waals surface area contributed by atoms with Gasteiger partial charge in [-0.3, -0.25) is 15.2 Å². The lowest BCUT2D eigenvalue weighted by atomic mass is 10.1. The average molecular weight is 274 g/mol. The Balaban J connectivity index is 2.26. The molecule has 0 spiro atoms. The molecule has 0 aliphatic carbocycles. The molecule has 1 aromatic carbocycles. The standard InChI is InChI=1S/C14H18N4O2/c1-8-5-9(2)14(18(19)20)6-13(8)15-7-12-10(3)16-17-11(12)4/h5-6,15H,7H2,1-4H3,(H,16,17). The first kappa shape index (κ1) is 14.0. The molecule has 6 nitrogen and oxygen atoms in total. The van der Waals surface area contributed by atoms with Gasteiger partial charge < -0.3 is 5.32 Å². The summed E-state index contributed by atoms with van der Waals surface area (Å²) in [4.78, 5) is 10.6. The molecule has 0 aliphatic heterocycles. The zero-order valence-corrected chi connectivity index (χ0v) is 12.1. The zero-order chi connectivity index (χ0) is 14.9. The first-order chi connectivity index (χ1) is 9.40. The molecule has 0 amide bonds. The van der Waals surface area contributed by atoms with Crippen molar-refractivity contribution in [3.05, 3.63) is 50.3 Å². The lowest BCUT2D eigenvalue weighted by molar-refractivity contribution is -0.385. The van der Waals surface area contributed by atoms with Gasteiger partial charge in [0, 0.05) is 35.1 Å². The van der Waals surface area contributed by atoms with Crippen LogP contribution in [0.1, 0.15) is 28.1 Å². The number of hydrogen-bond donors (Lipinski definition) is 2. The molecule has 2 rings (SSSR count). The van der Waals surface area contributed by atoms with E-state index >= 15 is 0 Å². The molecule has 0 fully saturated rings. The predicted molar refractivity (Wildman–Crippen MR) is 78.0 cm³/mol. The highest BCUT2D eigenvalue weighted by Gasteiger charge is 2.14. The third-order valence-corrected chi connectivity index (χ3v) is 3.48. The van der Waals surface area contributed by atoms with Crippen molar-refractivity contribution in [2.24, 2.45) is 0 Å². The minimum atomic E-state index is -0.353. The molecular formula is C14H18N4O2. The van der Waals surface area contributed by atoms with E-state index in [1.54, 1.807) is 13.0 Å². The molecule has 0 saturated carbocycles. The number of rotatable bonds is 4. The number of H-pyrrole nitrogens is 1. The number of anilines is 1. The number of aryl methyl sites for hydroxylation is 4. The summed E-state index contributed by atoms with van der Waals surface area (Å²) in [5.41, 5.74) is 5.62. The van der Waals surface area contributed by atoms with E-state index in [4.69, 9.17) is 0 Å². The van der Waals surface area contributed by atoms with E-state index in [2.05, 4.69) is 15.5 Å². The maximum atomic E-state index is 11.0. The highest BCUT2D eigenvalue weighted by Crippen LogP contribution is 2.27. The maximum absolute atomic E-state index is 11.0. The minimum absolute atomic E-state index is 0.138. The van der Waals surface area contributed by atoms with Gasteiger partial charge >= 0.3 is 0 Å². The molecule has 0 saturated heterocycles. The van der Waals surface area contributed by atoms with Gasteiger partial charge in [0.2, 0.25) is 0 Å². The van der Waals surface area contributed by atoms with Gasteiger partial charge in [-0.1, -0.05) is 0 Å². The van der Waals surface area contributed by atoms with Crippen molar-refractivity contribution in [3.8, 4) is 0 Å². The second kappa shape index (κ2) is 5.32. The molecule has 2 aromatic rings. The summed E-state index contributed by atoms with van der Waals surface area (Å²) in [6.07, 6.45) is 0. The van der Waals surface area contributed by atoms with Gasteiger partial charge in [-0.25, -0.2) is 0 Å². The van der Waals surface area contributed by atoms with Crippen molar-refractivity contribution < 1.29 is 4.92 Å². The van der Waals surface area contributed by atoms with Gasteiger partial charge in [0.05, 0.1) is 10.6 Å². The third kappa shape index (κ3) is 2.64. The fraction of sp³-hybridized carbons (Fsp3) is 0.357. The van der Waals surface area contributed by atoms with Gasteiger partial charge in [0.15, 0.2) is 0 Å². The van der Waals surface area contributed by atoms with E-state index in [1.807, 2.05) is 26.8 Å². The van der Waals surface area contributed by atoms with E-state index < -0.39 is 0 Å². The Kier molecular flexibility index (Phi) is 3.74. The highest BCUT2D eigenvalue weighted by molar-refractivity contribution is 5.60. The SMILES string of the molecule is Cc1cc(C)c([N+](=O)[O-])cc1NCc1c(C)n[nH]c1C. The van der Waals surface area contributed by atoms with Crippen LogP contribution in [0.3, 0.4) is 0 Å². The van der Waals surface area contributed by atoms with Gasteiger partial charge in [-0.05, 0) is 39.3 Å². The molecule has 2 N–H and O–H groups in total. The molecule has 6 heteroatoms. The number of nitrogens with zero attached hydrogens (tertiary/aromatic N) is 2. The van der Waals surface area contributed by atoms with Crippen molar-refractivity contribution in [2.75, 3.05) is 5.32 Å². The number of nitro groups is 1. The molecule has 0 radical (unpaired) electrons. The Bertz CT molecular complexity index is 642. The summed E-state index contributed by atoms with van der Waals surface area (Å²) >= 11 is 0. The second-order valence-electron chi connectivity index (χ2n) is 4.98. The second-order valence-corrected chi connectivity index (χ2v) is 4.98. The van der Waals surface area contributed by atoms with E-state index in [0.717, 1.165) is 28.2 Å². The largest absolute Gasteiger partial charge is 0.380 e. The summed E-state index contributed by atoms with van der Waals surface area (Å²) in [7, 11) is 0. The maximum Gasteiger partial charge on any atom is 0.274 e. The van der Waals surface area contributed by atoms with Crippen LogP contribution in [0.25, 0.3) is 0 Å². The lowest BCUT2D eigenvalue weighted by Gasteiger charge is -2.11. The molecule has 20 heavy (non-hydrogen) atoms. The number of nitrogens with one attached hydrogen (secondary N) is 2. The molecule has 0 unspecified atom stereocenters. The Morgan fingerprint density at radius 3 is 2.50 bits per heavy atom. The monoisotopic (exact) mass is 274 g/mol. The van der Waals surface area contributed by atoms with Crippen molar-refractivity contribution in [2.45, 2.75) is 34.2 Å². The molecule has 0 bridgehead atoms. The van der Waals surface area contributed by atoms with Crippen LogP contribution in [0.4, 0.5) is 11.4 Å². The number of aromatic amines is 1. The van der Waals surface area contributed by atoms with Gasteiger partial charge in [0.25, 0.3) is 5.69 Å². The Labute approximate surface area is 117 Å². The van der Waals surface area contributed by atoms with Crippen molar-refractivity contribution in [1.82, 2.24) is 10.2 Å². The first-order valence-corrected chi connectivity index (χ1v) is 6.40. The summed E-state index contributed by atoms with van der Waals surface area (Å²) in [6, 6.07) is 3.42. The van der Waals surface area contributed by atoms with Crippen molar-refractivity contribution in [1.29, 1.82) is 0 Å². The topological polar surface area (TPSA) is 83.8 Å². The fourth-order valence-electron chi connectivity index (χ4n) is 2.25. The summed E-state index contributed by atoms with van der Waals surface area (Å²) in [5.74, 6) is 0. The fourth-order valence-corrected chi connectivity index (χ4v) is 2.25. The first-order valence-electron chi connectivity index (χ1n) is 6.40. The molecule has 1 heterocycles. The molecular weight excluding hydrogens is 256 g/mol. The van der Waals surface area contributed by atoms with E-state index in [-0.39, 0.29) is 10.6 Å². The molecule has 106 valence electrons. The molecule has 0 atom stereocenters. The quantitative estimate of drug-likeness (QED) is 0.662. The number of benzene rings is 1. The van der Waals surface area contributed by atoms with Crippen LogP contribution >= 0.6 is 0 Å². The van der Waals surface area contributed by atoms with E-state index in [1.165, 1.54) is 0 Å². The van der Waals surface area contributed by atoms with Crippen LogP contribution < -0.4 is 5.32 Å². The summed E-state index contributed by atoms with van der Waals surface area (Å²) in [6.45, 7) is 8.18. The number of aromatic nitrogens is 2. The normalized spacial score (nSPS) is 10.6. The van der Waals surface area contributed by atoms with Gasteiger partial charge in [-0.2, -0.15) is 5.10 Å². The zero-order valence-electron chi connectivity index (χ0n) is 12.1. The Morgan fingerprint density at radius 1 is 1.25 bits per heavy atom. The van der Waals surface area contributed by atoms with E-state index in [0.29, 0.717) is 12.1 Å². The Hall–Kier alpha value is -2.37. The Morgan fingerprint density at radius 2 is 1.95 bits per heavy atom. The van der Waals surface area contributed by atoms with Gasteiger partial charge in [0.1, 0.15) is 0 Å². The highest BCUT2D eigenvalue weighted by atomic mass is 16.6. The van der Waals surface area contributed by atoms with Crippen LogP contribution in [0.2, 0.25) is 0 Å². The smallest absolute Gasteiger partial charge is 0.274 e. The van der Waals surface area contributed by atoms with Crippen LogP contribution in [0, 0.1) is 37.8 Å². The lowest BCUT2D eigenvalue weighted by Crippen LogP contribution is -2.04. The molecule has 0 aliphatic rings. The van der Waals surface area contributed by atoms with Crippen LogP contribution in [0.15, 0.2) is 12.1 Å². The van der Waals surface area contributed by atoms with E-state index in [9.17, 15) is 10.1 Å². The van der Waals surface area contributed by atoms with Crippen LogP contribution in [-0.2, 0) is 6.54 Å². The number of nitro benzene ring substituents is 1. The summed E-state index contributed by atoms with van der Waals surface area (Å²) in [5, 5.41) is 21.3. The minimum Gasteiger partial charge on any atom is -0.380 e. The van der Waals surface area contributed by atoms with Crippen molar-refractivity contribution >= 4 is 11.4 Å². The predicted octanol–water partition coefficient (Wildman–Crippen LogP) is 3.16. The van der Waals surface area contributed by atoms with Gasteiger partial charge in [-0.15, -0.1) is 0 Å². The number of hydrogen-bond acceptors (Lipinski definition) is 4. The third-order valence-electron chi connectivity index (χ3n) is 3.48.